The minimum atomic E-state index is -3.97. The van der Waals surface area contributed by atoms with Crippen LogP contribution in [-0.4, -0.2) is 26.9 Å². The van der Waals surface area contributed by atoms with Gasteiger partial charge < -0.3 is 10.1 Å². The van der Waals surface area contributed by atoms with Gasteiger partial charge in [0, 0.05) is 5.69 Å². The van der Waals surface area contributed by atoms with Crippen LogP contribution in [-0.2, 0) is 19.6 Å². The summed E-state index contributed by atoms with van der Waals surface area (Å²) in [6.07, 6.45) is 0. The molecule has 0 atom stereocenters. The lowest BCUT2D eigenvalue weighted by molar-refractivity contribution is -0.119. The van der Waals surface area contributed by atoms with Crippen molar-refractivity contribution < 1.29 is 22.7 Å². The van der Waals surface area contributed by atoms with E-state index in [-0.39, 0.29) is 10.5 Å². The molecule has 10 heteroatoms. The van der Waals surface area contributed by atoms with E-state index in [1.807, 2.05) is 30.3 Å². The number of benzene rings is 3. The molecule has 0 spiro atoms. The Morgan fingerprint density at radius 2 is 1.56 bits per heavy atom. The molecule has 9 nitrogen and oxygen atoms in total. The van der Waals surface area contributed by atoms with Crippen LogP contribution in [0.4, 0.5) is 17.1 Å². The minimum Gasteiger partial charge on any atom is -0.452 e. The number of aryl methyl sites for hydroxylation is 1. The number of nitrogens with two attached hydrogens (primary N) is 1. The first kappa shape index (κ1) is 22.8. The van der Waals surface area contributed by atoms with Gasteiger partial charge in [0.05, 0.1) is 21.8 Å². The fraction of sp³-hybridized carbons (Fsp3) is 0.0909. The molecule has 3 rings (SSSR count). The van der Waals surface area contributed by atoms with E-state index < -0.39 is 28.5 Å². The number of rotatable bonds is 7. The summed E-state index contributed by atoms with van der Waals surface area (Å²) in [7, 11) is -3.97. The number of hydrogen-bond donors (Lipinski definition) is 2. The van der Waals surface area contributed by atoms with Crippen molar-refractivity contribution in [3.63, 3.8) is 0 Å². The maximum Gasteiger partial charge on any atom is 0.338 e. The molecule has 0 saturated carbocycles. The van der Waals surface area contributed by atoms with Gasteiger partial charge in [-0.1, -0.05) is 24.3 Å². The number of anilines is 1. The van der Waals surface area contributed by atoms with E-state index in [0.717, 1.165) is 11.8 Å². The molecule has 164 valence electrons. The lowest BCUT2D eigenvalue weighted by Crippen LogP contribution is -2.21. The second-order valence-corrected chi connectivity index (χ2v) is 8.29. The quantitative estimate of drug-likeness (QED) is 0.414. The highest BCUT2D eigenvalue weighted by molar-refractivity contribution is 7.89. The van der Waals surface area contributed by atoms with Crippen LogP contribution in [0.2, 0.25) is 0 Å². The zero-order valence-corrected chi connectivity index (χ0v) is 17.9. The monoisotopic (exact) mass is 452 g/mol. The molecule has 0 fully saturated rings. The summed E-state index contributed by atoms with van der Waals surface area (Å²) in [5.41, 5.74) is 2.30. The van der Waals surface area contributed by atoms with Crippen LogP contribution in [0.5, 0.6) is 0 Å². The second kappa shape index (κ2) is 9.94. The third-order valence-corrected chi connectivity index (χ3v) is 5.19. The van der Waals surface area contributed by atoms with Crippen LogP contribution >= 0.6 is 0 Å². The number of ether oxygens (including phenoxy) is 1. The van der Waals surface area contributed by atoms with E-state index in [1.54, 1.807) is 31.2 Å². The number of carbonyl (C=O) groups is 2. The Balaban J connectivity index is 1.56. The van der Waals surface area contributed by atoms with E-state index in [0.29, 0.717) is 16.9 Å². The van der Waals surface area contributed by atoms with Crippen molar-refractivity contribution >= 4 is 39.0 Å². The van der Waals surface area contributed by atoms with Crippen LogP contribution in [0, 0.1) is 6.92 Å². The summed E-state index contributed by atoms with van der Waals surface area (Å²) in [5, 5.41) is 15.9. The van der Waals surface area contributed by atoms with Gasteiger partial charge in [0.15, 0.2) is 6.61 Å². The molecule has 3 N–H and O–H groups in total. The van der Waals surface area contributed by atoms with Crippen molar-refractivity contribution in [2.24, 2.45) is 15.4 Å². The van der Waals surface area contributed by atoms with E-state index in [1.165, 1.54) is 12.1 Å². The zero-order chi connectivity index (χ0) is 23.1. The van der Waals surface area contributed by atoms with Gasteiger partial charge in [-0.25, -0.2) is 18.4 Å². The van der Waals surface area contributed by atoms with E-state index in [4.69, 9.17) is 9.88 Å². The first-order valence-corrected chi connectivity index (χ1v) is 10.9. The molecule has 0 aromatic heterocycles. The number of nitrogens with one attached hydrogen (secondary N) is 1. The van der Waals surface area contributed by atoms with Gasteiger partial charge in [-0.05, 0) is 61.0 Å². The molecule has 3 aromatic carbocycles. The third-order valence-electron chi connectivity index (χ3n) is 4.28. The molecule has 0 aliphatic rings. The molecular formula is C22H20N4O5S. The van der Waals surface area contributed by atoms with Crippen molar-refractivity contribution in [1.29, 1.82) is 0 Å². The summed E-state index contributed by atoms with van der Waals surface area (Å²) in [5.74, 6) is -1.39. The summed E-state index contributed by atoms with van der Waals surface area (Å²) in [6.45, 7) is 1.06. The number of amides is 1. The Kier molecular flexibility index (Phi) is 7.08. The van der Waals surface area contributed by atoms with Crippen molar-refractivity contribution in [2.45, 2.75) is 11.8 Å². The van der Waals surface area contributed by atoms with Crippen LogP contribution < -0.4 is 10.5 Å². The Hall–Kier alpha value is -3.89. The summed E-state index contributed by atoms with van der Waals surface area (Å²) < 4.78 is 28.0. The van der Waals surface area contributed by atoms with Crippen LogP contribution in [0.25, 0.3) is 0 Å². The van der Waals surface area contributed by atoms with Crippen LogP contribution in [0.1, 0.15) is 15.9 Å². The van der Waals surface area contributed by atoms with Gasteiger partial charge in [-0.3, -0.25) is 4.79 Å². The van der Waals surface area contributed by atoms with Gasteiger partial charge >= 0.3 is 5.97 Å². The third kappa shape index (κ3) is 6.30. The van der Waals surface area contributed by atoms with Gasteiger partial charge in [-0.15, -0.1) is 0 Å². The Morgan fingerprint density at radius 1 is 0.938 bits per heavy atom. The summed E-state index contributed by atoms with van der Waals surface area (Å²) in [4.78, 5) is 24.2. The number of hydrogen-bond acceptors (Lipinski definition) is 7. The largest absolute Gasteiger partial charge is 0.452 e. The smallest absolute Gasteiger partial charge is 0.338 e. The molecule has 0 radical (unpaired) electrons. The molecule has 0 aliphatic heterocycles. The Bertz CT molecular complexity index is 1260. The van der Waals surface area contributed by atoms with Crippen LogP contribution in [0.3, 0.4) is 0 Å². The average Bonchev–Trinajstić information content (AvgIpc) is 2.77. The second-order valence-electron chi connectivity index (χ2n) is 6.73. The first-order valence-electron chi connectivity index (χ1n) is 9.40. The van der Waals surface area contributed by atoms with Gasteiger partial charge in [0.2, 0.25) is 10.0 Å². The molecular weight excluding hydrogens is 432 g/mol. The Morgan fingerprint density at radius 3 is 2.19 bits per heavy atom. The number of esters is 1. The fourth-order valence-corrected chi connectivity index (χ4v) is 3.17. The Labute approximate surface area is 185 Å². The standard InChI is InChI=1S/C22H20N4O5S/c1-15-7-12-19(32(23,29)30)13-20(15)22(28)31-14-21(27)24-16-8-10-18(11-9-16)26-25-17-5-3-2-4-6-17/h2-13H,14H2,1H3,(H,24,27)(H2,23,29,30). The maximum atomic E-state index is 12.3. The highest BCUT2D eigenvalue weighted by atomic mass is 32.2. The number of nitrogens with zero attached hydrogens (tertiary/aromatic N) is 2. The SMILES string of the molecule is Cc1ccc(S(N)(=O)=O)cc1C(=O)OCC(=O)Nc1ccc(N=Nc2ccccc2)cc1. The lowest BCUT2D eigenvalue weighted by Gasteiger charge is -2.09. The van der Waals surface area contributed by atoms with E-state index in [9.17, 15) is 18.0 Å². The van der Waals surface area contributed by atoms with Gasteiger partial charge in [0.25, 0.3) is 5.91 Å². The number of primary sulfonamides is 1. The summed E-state index contributed by atoms with van der Waals surface area (Å²) in [6, 6.07) is 19.7. The molecule has 1 amide bonds. The zero-order valence-electron chi connectivity index (χ0n) is 17.1. The predicted octanol–water partition coefficient (Wildman–Crippen LogP) is 3.85. The molecule has 0 bridgehead atoms. The maximum absolute atomic E-state index is 12.3. The molecule has 0 heterocycles. The van der Waals surface area contributed by atoms with Crippen molar-refractivity contribution in [3.8, 4) is 0 Å². The first-order chi connectivity index (χ1) is 15.2. The van der Waals surface area contributed by atoms with Gasteiger partial charge in [0.1, 0.15) is 0 Å². The molecule has 0 unspecified atom stereocenters. The number of azo groups is 1. The highest BCUT2D eigenvalue weighted by Crippen LogP contribution is 2.20. The number of carbonyl (C=O) groups excluding carboxylic acids is 2. The van der Waals surface area contributed by atoms with Crippen molar-refractivity contribution in [3.05, 3.63) is 83.9 Å². The van der Waals surface area contributed by atoms with Gasteiger partial charge in [-0.2, -0.15) is 10.2 Å². The molecule has 0 saturated heterocycles. The predicted molar refractivity (Wildman–Crippen MR) is 119 cm³/mol. The minimum absolute atomic E-state index is 0.0115. The topological polar surface area (TPSA) is 140 Å². The van der Waals surface area contributed by atoms with E-state index >= 15 is 0 Å². The summed E-state index contributed by atoms with van der Waals surface area (Å²) >= 11 is 0. The lowest BCUT2D eigenvalue weighted by atomic mass is 10.1. The fourth-order valence-electron chi connectivity index (χ4n) is 2.63. The molecule has 32 heavy (non-hydrogen) atoms. The normalized spacial score (nSPS) is 11.3. The van der Waals surface area contributed by atoms with Crippen molar-refractivity contribution in [2.75, 3.05) is 11.9 Å². The highest BCUT2D eigenvalue weighted by Gasteiger charge is 2.17. The van der Waals surface area contributed by atoms with Crippen molar-refractivity contribution in [1.82, 2.24) is 0 Å². The van der Waals surface area contributed by atoms with E-state index in [2.05, 4.69) is 15.5 Å². The average molecular weight is 452 g/mol. The molecule has 0 aliphatic carbocycles. The number of sulfonamides is 1. The molecule has 3 aromatic rings. The van der Waals surface area contributed by atoms with Crippen LogP contribution in [0.15, 0.2) is 87.9 Å².